The van der Waals surface area contributed by atoms with Gasteiger partial charge in [-0.1, -0.05) is 15.9 Å². The second-order valence-electron chi connectivity index (χ2n) is 5.83. The van der Waals surface area contributed by atoms with Crippen LogP contribution in [0.4, 0.5) is 4.79 Å². The van der Waals surface area contributed by atoms with E-state index >= 15 is 0 Å². The van der Waals surface area contributed by atoms with Gasteiger partial charge in [0.25, 0.3) is 0 Å². The molecule has 0 amide bonds. The van der Waals surface area contributed by atoms with E-state index in [1.807, 2.05) is 0 Å². The number of halogens is 1. The molecule has 114 valence electrons. The number of aryl methyl sites for hydroxylation is 1. The molecule has 2 aromatic rings. The fourth-order valence-corrected chi connectivity index (χ4v) is 2.83. The number of nitrogens with zero attached hydrogens (tertiary/aromatic N) is 1. The van der Waals surface area contributed by atoms with Crippen LogP contribution in [0.1, 0.15) is 36.0 Å². The minimum atomic E-state index is -2.54. The summed E-state index contributed by atoms with van der Waals surface area (Å²) in [5.74, 6) is 0.277. The molecule has 0 atom stereocenters. The number of fused-ring (bicyclic) bond motifs is 1. The highest BCUT2D eigenvalue weighted by Gasteiger charge is 2.21. The lowest BCUT2D eigenvalue weighted by Gasteiger charge is -2.20. The third-order valence-electron chi connectivity index (χ3n) is 3.06. The molecule has 0 saturated heterocycles. The van der Waals surface area contributed by atoms with Crippen molar-refractivity contribution in [1.82, 2.24) is 4.57 Å². The monoisotopic (exact) mass is 356 g/mol. The van der Waals surface area contributed by atoms with E-state index in [1.165, 1.54) is 4.57 Å². The van der Waals surface area contributed by atoms with Crippen molar-refractivity contribution in [3.05, 3.63) is 29.5 Å². The number of carbonyl (C=O) groups is 1. The predicted octanol–water partition coefficient (Wildman–Crippen LogP) is 4.64. The van der Waals surface area contributed by atoms with Gasteiger partial charge in [-0.2, -0.15) is 0 Å². The van der Waals surface area contributed by atoms with Crippen molar-refractivity contribution in [2.24, 2.45) is 0 Å². The van der Waals surface area contributed by atoms with E-state index in [-0.39, 0.29) is 5.75 Å². The molecule has 5 heteroatoms. The summed E-state index contributed by atoms with van der Waals surface area (Å²) in [5, 5.41) is 1.14. The molecule has 0 spiro atoms. The van der Waals surface area contributed by atoms with Crippen LogP contribution in [-0.4, -0.2) is 23.3 Å². The molecule has 0 unspecified atom stereocenters. The van der Waals surface area contributed by atoms with E-state index in [9.17, 15) is 4.79 Å². The van der Waals surface area contributed by atoms with Crippen LogP contribution in [0.25, 0.3) is 10.9 Å². The Labute approximate surface area is 137 Å². The zero-order chi connectivity index (χ0) is 18.3. The maximum absolute atomic E-state index is 12.4. The van der Waals surface area contributed by atoms with Crippen LogP contribution in [0.3, 0.4) is 0 Å². The highest BCUT2D eigenvalue weighted by molar-refractivity contribution is 9.08. The Bertz CT molecular complexity index is 775. The summed E-state index contributed by atoms with van der Waals surface area (Å²) in [6.45, 7) is 7.20. The molecule has 1 heterocycles. The van der Waals surface area contributed by atoms with Gasteiger partial charge in [0.1, 0.15) is 11.4 Å². The Hall–Kier alpha value is -1.49. The fraction of sp³-hybridized carbons (Fsp3) is 0.438. The first kappa shape index (κ1) is 12.1. The van der Waals surface area contributed by atoms with E-state index in [1.54, 1.807) is 46.0 Å². The average molecular weight is 357 g/mol. The molecule has 0 fully saturated rings. The van der Waals surface area contributed by atoms with Crippen LogP contribution in [0.2, 0.25) is 0 Å². The Balaban J connectivity index is 2.59. The third-order valence-corrected chi connectivity index (χ3v) is 3.62. The molecular weight excluding hydrogens is 334 g/mol. The van der Waals surface area contributed by atoms with Gasteiger partial charge in [-0.05, 0) is 45.4 Å². The second kappa shape index (κ2) is 5.72. The number of methoxy groups -OCH3 is 1. The molecule has 0 N–H and O–H groups in total. The van der Waals surface area contributed by atoms with Crippen molar-refractivity contribution in [3.8, 4) is 5.75 Å². The van der Waals surface area contributed by atoms with Gasteiger partial charge in [0.2, 0.25) is 0 Å². The van der Waals surface area contributed by atoms with E-state index in [2.05, 4.69) is 15.9 Å². The zero-order valence-corrected chi connectivity index (χ0v) is 14.1. The van der Waals surface area contributed by atoms with E-state index in [4.69, 9.17) is 13.6 Å². The first-order chi connectivity index (χ1) is 10.9. The van der Waals surface area contributed by atoms with Crippen molar-refractivity contribution < 1.29 is 18.4 Å². The molecule has 4 nitrogen and oxygen atoms in total. The smallest absolute Gasteiger partial charge is 0.419 e. The van der Waals surface area contributed by atoms with Crippen molar-refractivity contribution in [2.45, 2.75) is 38.6 Å². The molecule has 0 aliphatic heterocycles. The Morgan fingerprint density at radius 2 is 2.19 bits per heavy atom. The zero-order valence-electron chi connectivity index (χ0n) is 15.5. The van der Waals surface area contributed by atoms with Gasteiger partial charge in [0, 0.05) is 22.5 Å². The lowest BCUT2D eigenvalue weighted by atomic mass is 10.1. The molecule has 1 aromatic carbocycles. The maximum atomic E-state index is 12.4. The third kappa shape index (κ3) is 3.07. The number of hydrogen-bond donors (Lipinski definition) is 0. The van der Waals surface area contributed by atoms with Crippen molar-refractivity contribution >= 4 is 32.9 Å². The highest BCUT2D eigenvalue weighted by atomic mass is 79.9. The molecule has 0 aliphatic carbocycles. The number of benzene rings is 1. The standard InChI is InChI=1S/C16H20BrNO3/c1-10-8-13(20-5)12(9-17)11-6-7-18(14(10)11)15(19)21-16(2,3)4/h6-8H,9H2,1-5H3/i5D3. The number of carbonyl (C=O) groups excluding carboxylic acids is 1. The quantitative estimate of drug-likeness (QED) is 0.736. The lowest BCUT2D eigenvalue weighted by Crippen LogP contribution is -2.26. The normalized spacial score (nSPS) is 14.4. The number of ether oxygens (including phenoxy) is 2. The summed E-state index contributed by atoms with van der Waals surface area (Å²) >= 11 is 3.37. The van der Waals surface area contributed by atoms with Gasteiger partial charge in [0.15, 0.2) is 0 Å². The number of alkyl halides is 1. The van der Waals surface area contributed by atoms with Crippen LogP contribution in [-0.2, 0) is 10.1 Å². The SMILES string of the molecule is [2H]C([2H])([2H])Oc1cc(C)c2c(ccn2C(=O)OC(C)(C)C)c1CBr. The second-order valence-corrected chi connectivity index (χ2v) is 6.39. The van der Waals surface area contributed by atoms with Gasteiger partial charge in [-0.15, -0.1) is 0 Å². The van der Waals surface area contributed by atoms with Gasteiger partial charge in [0.05, 0.1) is 16.7 Å². The van der Waals surface area contributed by atoms with Crippen molar-refractivity contribution in [1.29, 1.82) is 0 Å². The minimum Gasteiger partial charge on any atom is -0.496 e. The number of rotatable bonds is 2. The first-order valence-corrected chi connectivity index (χ1v) is 7.67. The van der Waals surface area contributed by atoms with Crippen molar-refractivity contribution in [2.75, 3.05) is 7.04 Å². The van der Waals surface area contributed by atoms with Crippen LogP contribution in [0.5, 0.6) is 5.75 Å². The lowest BCUT2D eigenvalue weighted by molar-refractivity contribution is 0.0544. The predicted molar refractivity (Wildman–Crippen MR) is 87.5 cm³/mol. The Morgan fingerprint density at radius 3 is 2.76 bits per heavy atom. The van der Waals surface area contributed by atoms with E-state index in [0.29, 0.717) is 16.4 Å². The Kier molecular flexibility index (Phi) is 3.29. The molecule has 2 rings (SSSR count). The van der Waals surface area contributed by atoms with Gasteiger partial charge in [-0.3, -0.25) is 4.57 Å². The van der Waals surface area contributed by atoms with Crippen LogP contribution in [0.15, 0.2) is 18.3 Å². The van der Waals surface area contributed by atoms with Crippen LogP contribution in [0, 0.1) is 6.92 Å². The number of aromatic nitrogens is 1. The molecular formula is C16H20BrNO3. The van der Waals surface area contributed by atoms with Gasteiger partial charge < -0.3 is 9.47 Å². The highest BCUT2D eigenvalue weighted by Crippen LogP contribution is 2.33. The number of hydrogen-bond acceptors (Lipinski definition) is 3. The largest absolute Gasteiger partial charge is 0.496 e. The van der Waals surface area contributed by atoms with Crippen molar-refractivity contribution in [3.63, 3.8) is 0 Å². The van der Waals surface area contributed by atoms with Gasteiger partial charge >= 0.3 is 6.09 Å². The molecule has 21 heavy (non-hydrogen) atoms. The molecule has 0 aliphatic rings. The van der Waals surface area contributed by atoms with Gasteiger partial charge in [-0.25, -0.2) is 4.79 Å². The van der Waals surface area contributed by atoms with E-state index < -0.39 is 18.7 Å². The maximum Gasteiger partial charge on any atom is 0.419 e. The summed E-state index contributed by atoms with van der Waals surface area (Å²) < 4.78 is 33.9. The summed E-state index contributed by atoms with van der Waals surface area (Å²) in [6.07, 6.45) is 1.14. The molecule has 1 aromatic heterocycles. The minimum absolute atomic E-state index is 0.277. The average Bonchev–Trinajstić information content (AvgIpc) is 2.80. The van der Waals surface area contributed by atoms with E-state index in [0.717, 1.165) is 10.9 Å². The topological polar surface area (TPSA) is 40.5 Å². The fourth-order valence-electron chi connectivity index (χ4n) is 2.26. The summed E-state index contributed by atoms with van der Waals surface area (Å²) in [6, 6.07) is 3.39. The van der Waals surface area contributed by atoms with Crippen LogP contribution >= 0.6 is 15.9 Å². The Morgan fingerprint density at radius 1 is 1.48 bits per heavy atom. The molecule has 0 bridgehead atoms. The first-order valence-electron chi connectivity index (χ1n) is 8.05. The molecule has 0 radical (unpaired) electrons. The summed E-state index contributed by atoms with van der Waals surface area (Å²) in [4.78, 5) is 12.4. The summed E-state index contributed by atoms with van der Waals surface area (Å²) in [7, 11) is -2.54. The van der Waals surface area contributed by atoms with Crippen LogP contribution < -0.4 is 4.74 Å². The molecule has 0 saturated carbocycles. The summed E-state index contributed by atoms with van der Waals surface area (Å²) in [5.41, 5.74) is 1.47.